The standard InChI is InChI=1S/C12H15N3S/c1-2-3-4-5-6-13-9-11-10-15-7-8-16-12(15)14-11/h1,7-8,10,13H,3-6,9H2. The summed E-state index contributed by atoms with van der Waals surface area (Å²) in [5.74, 6) is 2.65. The van der Waals surface area contributed by atoms with Crippen molar-refractivity contribution in [2.24, 2.45) is 0 Å². The summed E-state index contributed by atoms with van der Waals surface area (Å²) in [5, 5.41) is 5.41. The molecule has 0 fully saturated rings. The van der Waals surface area contributed by atoms with Gasteiger partial charge in [-0.05, 0) is 19.4 Å². The monoisotopic (exact) mass is 233 g/mol. The topological polar surface area (TPSA) is 29.3 Å². The molecule has 0 bridgehead atoms. The van der Waals surface area contributed by atoms with Crippen molar-refractivity contribution in [3.8, 4) is 12.3 Å². The van der Waals surface area contributed by atoms with Crippen LogP contribution in [0.25, 0.3) is 4.96 Å². The Kier molecular flexibility index (Phi) is 3.97. The van der Waals surface area contributed by atoms with Crippen molar-refractivity contribution in [2.45, 2.75) is 25.8 Å². The van der Waals surface area contributed by atoms with Crippen LogP contribution in [0, 0.1) is 12.3 Å². The van der Waals surface area contributed by atoms with E-state index in [1.807, 2.05) is 11.6 Å². The third-order valence-corrected chi connectivity index (χ3v) is 3.14. The average molecular weight is 233 g/mol. The molecule has 16 heavy (non-hydrogen) atoms. The molecule has 3 nitrogen and oxygen atoms in total. The predicted octanol–water partition coefficient (Wildman–Crippen LogP) is 2.29. The molecule has 2 heterocycles. The smallest absolute Gasteiger partial charge is 0.193 e. The number of hydrogen-bond acceptors (Lipinski definition) is 3. The fourth-order valence-corrected chi connectivity index (χ4v) is 2.27. The Morgan fingerprint density at radius 2 is 2.44 bits per heavy atom. The molecule has 84 valence electrons. The second kappa shape index (κ2) is 5.69. The van der Waals surface area contributed by atoms with Crippen LogP contribution in [-0.4, -0.2) is 15.9 Å². The number of rotatable bonds is 6. The number of unbranched alkanes of at least 4 members (excludes halogenated alkanes) is 2. The first-order chi connectivity index (χ1) is 7.90. The summed E-state index contributed by atoms with van der Waals surface area (Å²) in [6.07, 6.45) is 12.4. The molecule has 0 amide bonds. The van der Waals surface area contributed by atoms with Gasteiger partial charge in [-0.2, -0.15) is 0 Å². The van der Waals surface area contributed by atoms with Crippen molar-refractivity contribution in [3.05, 3.63) is 23.5 Å². The number of hydrogen-bond donors (Lipinski definition) is 1. The van der Waals surface area contributed by atoms with E-state index in [0.29, 0.717) is 0 Å². The number of terminal acetylenes is 1. The summed E-state index contributed by atoms with van der Waals surface area (Å²) in [7, 11) is 0. The molecule has 0 aliphatic heterocycles. The molecule has 0 atom stereocenters. The Bertz CT molecular complexity index is 449. The molecule has 1 N–H and O–H groups in total. The highest BCUT2D eigenvalue weighted by atomic mass is 32.1. The first-order valence-corrected chi connectivity index (χ1v) is 6.33. The van der Waals surface area contributed by atoms with Gasteiger partial charge in [-0.3, -0.25) is 4.40 Å². The lowest BCUT2D eigenvalue weighted by Crippen LogP contribution is -2.14. The van der Waals surface area contributed by atoms with E-state index < -0.39 is 0 Å². The fraction of sp³-hybridized carbons (Fsp3) is 0.417. The molecule has 0 saturated heterocycles. The lowest BCUT2D eigenvalue weighted by atomic mass is 10.2. The Labute approximate surface area is 99.5 Å². The zero-order chi connectivity index (χ0) is 11.2. The van der Waals surface area contributed by atoms with Crippen molar-refractivity contribution in [1.82, 2.24) is 14.7 Å². The van der Waals surface area contributed by atoms with Crippen LogP contribution in [-0.2, 0) is 6.54 Å². The summed E-state index contributed by atoms with van der Waals surface area (Å²) in [5.41, 5.74) is 1.10. The van der Waals surface area contributed by atoms with Gasteiger partial charge in [0.05, 0.1) is 5.69 Å². The van der Waals surface area contributed by atoms with E-state index in [0.717, 1.165) is 43.0 Å². The third kappa shape index (κ3) is 2.84. The van der Waals surface area contributed by atoms with Gasteiger partial charge in [-0.1, -0.05) is 0 Å². The Morgan fingerprint density at radius 3 is 3.25 bits per heavy atom. The molecule has 4 heteroatoms. The van der Waals surface area contributed by atoms with Gasteiger partial charge in [0.1, 0.15) is 0 Å². The maximum atomic E-state index is 5.18. The quantitative estimate of drug-likeness (QED) is 0.612. The van der Waals surface area contributed by atoms with Gasteiger partial charge in [0.25, 0.3) is 0 Å². The van der Waals surface area contributed by atoms with Crippen LogP contribution in [0.1, 0.15) is 25.0 Å². The van der Waals surface area contributed by atoms with Crippen LogP contribution in [0.15, 0.2) is 17.8 Å². The van der Waals surface area contributed by atoms with Crippen molar-refractivity contribution < 1.29 is 0 Å². The summed E-state index contributed by atoms with van der Waals surface area (Å²) in [6, 6.07) is 0. The number of nitrogens with one attached hydrogen (secondary N) is 1. The normalized spacial score (nSPS) is 10.7. The number of imidazole rings is 1. The number of nitrogens with zero attached hydrogens (tertiary/aromatic N) is 2. The van der Waals surface area contributed by atoms with Crippen LogP contribution >= 0.6 is 11.3 Å². The molecule has 0 spiro atoms. The molecule has 0 aliphatic carbocycles. The highest BCUT2D eigenvalue weighted by Crippen LogP contribution is 2.10. The van der Waals surface area contributed by atoms with E-state index in [9.17, 15) is 0 Å². The molecular formula is C12H15N3S. The fourth-order valence-electron chi connectivity index (χ4n) is 1.55. The zero-order valence-electron chi connectivity index (χ0n) is 9.15. The van der Waals surface area contributed by atoms with E-state index in [2.05, 4.69) is 26.8 Å². The maximum absolute atomic E-state index is 5.18. The van der Waals surface area contributed by atoms with Crippen LogP contribution in [0.5, 0.6) is 0 Å². The Morgan fingerprint density at radius 1 is 1.50 bits per heavy atom. The summed E-state index contributed by atoms with van der Waals surface area (Å²) >= 11 is 1.66. The highest BCUT2D eigenvalue weighted by molar-refractivity contribution is 7.15. The molecule has 2 rings (SSSR count). The summed E-state index contributed by atoms with van der Waals surface area (Å²) in [6.45, 7) is 1.84. The average Bonchev–Trinajstić information content (AvgIpc) is 2.83. The second-order valence-electron chi connectivity index (χ2n) is 3.66. The minimum absolute atomic E-state index is 0.838. The molecule has 2 aromatic heterocycles. The molecule has 0 unspecified atom stereocenters. The predicted molar refractivity (Wildman–Crippen MR) is 67.5 cm³/mol. The number of thiazole rings is 1. The van der Waals surface area contributed by atoms with Gasteiger partial charge in [0, 0.05) is 30.7 Å². The first kappa shape index (κ1) is 11.2. The van der Waals surface area contributed by atoms with Crippen LogP contribution in [0.3, 0.4) is 0 Å². The summed E-state index contributed by atoms with van der Waals surface area (Å²) in [4.78, 5) is 5.55. The second-order valence-corrected chi connectivity index (χ2v) is 4.54. The van der Waals surface area contributed by atoms with Gasteiger partial charge < -0.3 is 5.32 Å². The third-order valence-electron chi connectivity index (χ3n) is 2.37. The van der Waals surface area contributed by atoms with Crippen LogP contribution < -0.4 is 5.32 Å². The van der Waals surface area contributed by atoms with E-state index in [1.165, 1.54) is 0 Å². The summed E-state index contributed by atoms with van der Waals surface area (Å²) < 4.78 is 2.06. The molecule has 0 saturated carbocycles. The van der Waals surface area contributed by atoms with Crippen molar-refractivity contribution in [1.29, 1.82) is 0 Å². The maximum Gasteiger partial charge on any atom is 0.193 e. The molecule has 2 aromatic rings. The lowest BCUT2D eigenvalue weighted by molar-refractivity contribution is 0.624. The van der Waals surface area contributed by atoms with E-state index >= 15 is 0 Å². The minimum Gasteiger partial charge on any atom is -0.311 e. The van der Waals surface area contributed by atoms with Gasteiger partial charge in [0.2, 0.25) is 0 Å². The Hall–Kier alpha value is -1.31. The molecule has 0 radical (unpaired) electrons. The SMILES string of the molecule is C#CCCCCNCc1cn2ccsc2n1. The zero-order valence-corrected chi connectivity index (χ0v) is 9.96. The number of aromatic nitrogens is 2. The minimum atomic E-state index is 0.838. The largest absolute Gasteiger partial charge is 0.311 e. The molecular weight excluding hydrogens is 218 g/mol. The van der Waals surface area contributed by atoms with Crippen molar-refractivity contribution >= 4 is 16.3 Å². The van der Waals surface area contributed by atoms with Gasteiger partial charge in [-0.15, -0.1) is 23.7 Å². The van der Waals surface area contributed by atoms with E-state index in [1.54, 1.807) is 11.3 Å². The first-order valence-electron chi connectivity index (χ1n) is 5.45. The van der Waals surface area contributed by atoms with Gasteiger partial charge in [-0.25, -0.2) is 4.98 Å². The van der Waals surface area contributed by atoms with Gasteiger partial charge >= 0.3 is 0 Å². The lowest BCUT2D eigenvalue weighted by Gasteiger charge is -2.00. The van der Waals surface area contributed by atoms with Gasteiger partial charge in [0.15, 0.2) is 4.96 Å². The van der Waals surface area contributed by atoms with E-state index in [4.69, 9.17) is 6.42 Å². The molecule has 0 aliphatic rings. The Balaban J connectivity index is 1.70. The van der Waals surface area contributed by atoms with Crippen molar-refractivity contribution in [2.75, 3.05) is 6.54 Å². The van der Waals surface area contributed by atoms with Crippen molar-refractivity contribution in [3.63, 3.8) is 0 Å². The van der Waals surface area contributed by atoms with Crippen LogP contribution in [0.4, 0.5) is 0 Å². The molecule has 0 aromatic carbocycles. The number of fused-ring (bicyclic) bond motifs is 1. The van der Waals surface area contributed by atoms with E-state index in [-0.39, 0.29) is 0 Å². The highest BCUT2D eigenvalue weighted by Gasteiger charge is 2.00. The van der Waals surface area contributed by atoms with Crippen LogP contribution in [0.2, 0.25) is 0 Å².